The number of nitrogens with zero attached hydrogens (tertiary/aromatic N) is 2. The van der Waals surface area contributed by atoms with E-state index in [4.69, 9.17) is 0 Å². The third kappa shape index (κ3) is 3.05. The molecule has 1 aliphatic rings. The highest BCUT2D eigenvalue weighted by atomic mass is 32.2. The predicted octanol–water partition coefficient (Wildman–Crippen LogP) is 5.93. The number of thioether (sulfide) groups is 1. The average Bonchev–Trinajstić information content (AvgIpc) is 3.25. The lowest BCUT2D eigenvalue weighted by atomic mass is 10.1. The molecule has 0 saturated carbocycles. The van der Waals surface area contributed by atoms with Crippen molar-refractivity contribution in [2.24, 2.45) is 7.05 Å². The first-order chi connectivity index (χ1) is 13.2. The van der Waals surface area contributed by atoms with Crippen molar-refractivity contribution < 1.29 is 4.57 Å². The van der Waals surface area contributed by atoms with Crippen molar-refractivity contribution in [2.45, 2.75) is 4.90 Å². The summed E-state index contributed by atoms with van der Waals surface area (Å²) < 4.78 is 3.40. The molecule has 2 nitrogen and oxygen atoms in total. The molecular weight excluding hydrogens is 368 g/mol. The van der Waals surface area contributed by atoms with Gasteiger partial charge in [0.05, 0.1) is 10.7 Å². The topological polar surface area (TPSA) is 7.12 Å². The number of aromatic nitrogens is 1. The summed E-state index contributed by atoms with van der Waals surface area (Å²) in [5.41, 5.74) is 3.79. The molecule has 0 N–H and O–H groups in total. The summed E-state index contributed by atoms with van der Waals surface area (Å²) in [5.74, 6) is 0. The van der Waals surface area contributed by atoms with Crippen LogP contribution in [0, 0.1) is 0 Å². The van der Waals surface area contributed by atoms with Gasteiger partial charge in [-0.1, -0.05) is 36.0 Å². The van der Waals surface area contributed by atoms with Gasteiger partial charge in [-0.2, -0.15) is 0 Å². The highest BCUT2D eigenvalue weighted by Crippen LogP contribution is 2.47. The van der Waals surface area contributed by atoms with Crippen molar-refractivity contribution in [3.63, 3.8) is 0 Å². The first kappa shape index (κ1) is 16.6. The first-order valence-electron chi connectivity index (χ1n) is 8.89. The van der Waals surface area contributed by atoms with Gasteiger partial charge >= 0.3 is 0 Å². The normalized spacial score (nSPS) is 14.9. The van der Waals surface area contributed by atoms with Crippen molar-refractivity contribution in [1.82, 2.24) is 0 Å². The van der Waals surface area contributed by atoms with Crippen molar-refractivity contribution in [3.05, 3.63) is 83.6 Å². The van der Waals surface area contributed by atoms with Crippen LogP contribution in [-0.4, -0.2) is 7.05 Å². The van der Waals surface area contributed by atoms with Crippen LogP contribution in [0.4, 0.5) is 5.69 Å². The number of aryl methyl sites for hydroxylation is 1. The largest absolute Gasteiger partial charge is 0.338 e. The van der Waals surface area contributed by atoms with Crippen molar-refractivity contribution in [2.75, 3.05) is 11.9 Å². The molecule has 0 saturated heterocycles. The minimum atomic E-state index is 1.22. The molecule has 0 unspecified atom stereocenters. The smallest absolute Gasteiger partial charge is 0.169 e. The zero-order valence-electron chi connectivity index (χ0n) is 15.2. The molecule has 2 aromatic heterocycles. The summed E-state index contributed by atoms with van der Waals surface area (Å²) in [6.45, 7) is 0. The van der Waals surface area contributed by atoms with Crippen LogP contribution in [0.2, 0.25) is 0 Å². The number of hydrogen-bond donors (Lipinski definition) is 0. The van der Waals surface area contributed by atoms with Crippen LogP contribution in [0.5, 0.6) is 0 Å². The Morgan fingerprint density at radius 1 is 0.963 bits per heavy atom. The number of fused-ring (bicyclic) bond motifs is 2. The SMILES string of the molecule is CN1/C(=C/c2cc[n+](C)cc2)Sc2cc(-c3cc4ccccc4s3)ccc21. The lowest BCUT2D eigenvalue weighted by Gasteiger charge is -2.13. The molecule has 1 aliphatic heterocycles. The van der Waals surface area contributed by atoms with E-state index in [2.05, 4.69) is 95.6 Å². The molecule has 0 radical (unpaired) electrons. The lowest BCUT2D eigenvalue weighted by molar-refractivity contribution is -0.671. The van der Waals surface area contributed by atoms with Gasteiger partial charge in [-0.3, -0.25) is 0 Å². The molecule has 0 fully saturated rings. The summed E-state index contributed by atoms with van der Waals surface area (Å²) in [6.07, 6.45) is 6.42. The summed E-state index contributed by atoms with van der Waals surface area (Å²) in [7, 11) is 4.19. The second-order valence-corrected chi connectivity index (χ2v) is 8.92. The van der Waals surface area contributed by atoms with Gasteiger partial charge in [0.25, 0.3) is 0 Å². The number of rotatable bonds is 2. The monoisotopic (exact) mass is 387 g/mol. The maximum Gasteiger partial charge on any atom is 0.169 e. The van der Waals surface area contributed by atoms with E-state index < -0.39 is 0 Å². The highest BCUT2D eigenvalue weighted by Gasteiger charge is 2.22. The summed E-state index contributed by atoms with van der Waals surface area (Å²) >= 11 is 3.71. The molecule has 2 aromatic carbocycles. The molecule has 5 rings (SSSR count). The fraction of sp³-hybridized carbons (Fsp3) is 0.0870. The number of hydrogen-bond acceptors (Lipinski definition) is 3. The average molecular weight is 388 g/mol. The van der Waals surface area contributed by atoms with E-state index in [1.807, 2.05) is 30.1 Å². The zero-order chi connectivity index (χ0) is 18.4. The molecule has 4 heteroatoms. The predicted molar refractivity (Wildman–Crippen MR) is 117 cm³/mol. The van der Waals surface area contributed by atoms with Gasteiger partial charge in [0, 0.05) is 33.7 Å². The Morgan fingerprint density at radius 3 is 2.59 bits per heavy atom. The second-order valence-electron chi connectivity index (χ2n) is 6.77. The zero-order valence-corrected chi connectivity index (χ0v) is 16.8. The van der Waals surface area contributed by atoms with Gasteiger partial charge in [-0.25, -0.2) is 4.57 Å². The van der Waals surface area contributed by atoms with Gasteiger partial charge in [-0.15, -0.1) is 11.3 Å². The van der Waals surface area contributed by atoms with E-state index in [-0.39, 0.29) is 0 Å². The maximum absolute atomic E-state index is 2.33. The number of anilines is 1. The minimum absolute atomic E-state index is 1.22. The Kier molecular flexibility index (Phi) is 4.03. The molecule has 3 heterocycles. The van der Waals surface area contributed by atoms with Crippen LogP contribution in [0.3, 0.4) is 0 Å². The van der Waals surface area contributed by atoms with E-state index in [1.165, 1.54) is 41.7 Å². The van der Waals surface area contributed by atoms with Crippen LogP contribution >= 0.6 is 23.1 Å². The quantitative estimate of drug-likeness (QED) is 0.393. The summed E-state index contributed by atoms with van der Waals surface area (Å²) in [4.78, 5) is 4.93. The molecule has 0 atom stereocenters. The fourth-order valence-corrected chi connectivity index (χ4v) is 5.54. The number of thiophene rings is 1. The lowest BCUT2D eigenvalue weighted by Crippen LogP contribution is -2.25. The molecule has 0 spiro atoms. The summed E-state index contributed by atoms with van der Waals surface area (Å²) in [6, 6.07) is 22.0. The van der Waals surface area contributed by atoms with E-state index in [1.54, 1.807) is 0 Å². The van der Waals surface area contributed by atoms with Crippen molar-refractivity contribution >= 4 is 44.9 Å². The van der Waals surface area contributed by atoms with Crippen LogP contribution in [0.1, 0.15) is 5.56 Å². The highest BCUT2D eigenvalue weighted by molar-refractivity contribution is 8.03. The van der Waals surface area contributed by atoms with Gasteiger partial charge < -0.3 is 4.90 Å². The Labute approximate surface area is 167 Å². The maximum atomic E-state index is 2.33. The minimum Gasteiger partial charge on any atom is -0.338 e. The van der Waals surface area contributed by atoms with Gasteiger partial charge in [0.1, 0.15) is 7.05 Å². The Morgan fingerprint density at radius 2 is 1.78 bits per heavy atom. The molecule has 0 aliphatic carbocycles. The molecule has 27 heavy (non-hydrogen) atoms. The van der Waals surface area contributed by atoms with Gasteiger partial charge in [0.15, 0.2) is 12.4 Å². The van der Waals surface area contributed by atoms with E-state index >= 15 is 0 Å². The molecule has 132 valence electrons. The molecule has 4 aromatic rings. The molecular formula is C23H19N2S2+. The number of pyridine rings is 1. The van der Waals surface area contributed by atoms with E-state index in [9.17, 15) is 0 Å². The van der Waals surface area contributed by atoms with Crippen LogP contribution in [0.25, 0.3) is 26.6 Å². The third-order valence-corrected chi connectivity index (χ3v) is 7.18. The van der Waals surface area contributed by atoms with E-state index in [0.717, 1.165) is 0 Å². The van der Waals surface area contributed by atoms with Crippen LogP contribution < -0.4 is 9.47 Å². The third-order valence-electron chi connectivity index (χ3n) is 4.87. The van der Waals surface area contributed by atoms with Crippen molar-refractivity contribution in [1.29, 1.82) is 0 Å². The molecule has 0 bridgehead atoms. The van der Waals surface area contributed by atoms with Crippen LogP contribution in [-0.2, 0) is 7.05 Å². The Balaban J connectivity index is 1.49. The summed E-state index contributed by atoms with van der Waals surface area (Å²) in [5, 5.41) is 2.58. The Bertz CT molecular complexity index is 1140. The fourth-order valence-electron chi connectivity index (χ4n) is 3.33. The molecule has 0 amide bonds. The van der Waals surface area contributed by atoms with E-state index in [0.29, 0.717) is 0 Å². The standard InChI is InChI=1S/C23H19N2S2/c1-24-11-9-16(10-12-24)13-23-25(2)19-8-7-18(15-22(19)27-23)21-14-17-5-3-4-6-20(17)26-21/h3-15H,1-2H3/q+1. The van der Waals surface area contributed by atoms with Crippen molar-refractivity contribution in [3.8, 4) is 10.4 Å². The Hall–Kier alpha value is -2.56. The number of benzene rings is 2. The van der Waals surface area contributed by atoms with Gasteiger partial charge in [0.2, 0.25) is 0 Å². The first-order valence-corrected chi connectivity index (χ1v) is 10.5. The van der Waals surface area contributed by atoms with Gasteiger partial charge in [-0.05, 0) is 46.9 Å². The van der Waals surface area contributed by atoms with Crippen LogP contribution in [0.15, 0.2) is 83.0 Å². The second kappa shape index (κ2) is 6.55.